The number of anilines is 1. The molecule has 1 aromatic heterocycles. The minimum Gasteiger partial charge on any atom is -0.354 e. The van der Waals surface area contributed by atoms with Crippen molar-refractivity contribution in [1.82, 2.24) is 9.97 Å². The summed E-state index contributed by atoms with van der Waals surface area (Å²) in [5, 5.41) is 3.69. The summed E-state index contributed by atoms with van der Waals surface area (Å²) >= 11 is 5.64. The van der Waals surface area contributed by atoms with Gasteiger partial charge in [0.05, 0.1) is 17.4 Å². The van der Waals surface area contributed by atoms with E-state index in [1.807, 2.05) is 0 Å². The highest BCUT2D eigenvalue weighted by Gasteiger charge is 1.96. The van der Waals surface area contributed by atoms with E-state index in [4.69, 9.17) is 11.6 Å². The molecule has 0 fully saturated rings. The molecule has 1 N–H and O–H groups in total. The third-order valence-electron chi connectivity index (χ3n) is 1.63. The van der Waals surface area contributed by atoms with E-state index in [9.17, 15) is 0 Å². The largest absolute Gasteiger partial charge is 0.354 e. The van der Waals surface area contributed by atoms with Gasteiger partial charge in [-0.05, 0) is 12.3 Å². The first-order valence-electron chi connectivity index (χ1n) is 4.40. The van der Waals surface area contributed by atoms with Gasteiger partial charge in [0.25, 0.3) is 0 Å². The molecule has 0 aliphatic carbocycles. The molecule has 1 aromatic rings. The highest BCUT2D eigenvalue weighted by molar-refractivity contribution is 6.30. The number of hydrogen-bond acceptors (Lipinski definition) is 3. The Morgan fingerprint density at radius 1 is 1.38 bits per heavy atom. The normalized spacial score (nSPS) is 10.5. The zero-order valence-electron chi connectivity index (χ0n) is 7.92. The Bertz CT molecular complexity index is 246. The maximum absolute atomic E-state index is 5.64. The van der Waals surface area contributed by atoms with E-state index in [0.29, 0.717) is 16.9 Å². The fourth-order valence-electron chi connectivity index (χ4n) is 0.876. The van der Waals surface area contributed by atoms with Gasteiger partial charge in [-0.25, -0.2) is 9.97 Å². The van der Waals surface area contributed by atoms with Gasteiger partial charge in [0.1, 0.15) is 0 Å². The molecule has 4 heteroatoms. The van der Waals surface area contributed by atoms with Crippen molar-refractivity contribution < 1.29 is 0 Å². The molecular formula is C9H14ClN3. The van der Waals surface area contributed by atoms with Crippen LogP contribution in [0.25, 0.3) is 0 Å². The molecule has 13 heavy (non-hydrogen) atoms. The fraction of sp³-hybridized carbons (Fsp3) is 0.556. The Hall–Kier alpha value is -0.830. The predicted molar refractivity (Wildman–Crippen MR) is 55.0 cm³/mol. The Morgan fingerprint density at radius 3 is 2.54 bits per heavy atom. The topological polar surface area (TPSA) is 37.8 Å². The summed E-state index contributed by atoms with van der Waals surface area (Å²) < 4.78 is 0. The Labute approximate surface area is 83.5 Å². The van der Waals surface area contributed by atoms with Gasteiger partial charge in [0.15, 0.2) is 0 Å². The molecule has 1 rings (SSSR count). The smallest absolute Gasteiger partial charge is 0.222 e. The molecule has 0 amide bonds. The van der Waals surface area contributed by atoms with Gasteiger partial charge in [0, 0.05) is 6.54 Å². The molecule has 0 radical (unpaired) electrons. The molecule has 0 aromatic carbocycles. The highest BCUT2D eigenvalue weighted by atomic mass is 35.5. The van der Waals surface area contributed by atoms with Gasteiger partial charge in [-0.3, -0.25) is 0 Å². The van der Waals surface area contributed by atoms with Crippen LogP contribution in [0.4, 0.5) is 5.95 Å². The summed E-state index contributed by atoms with van der Waals surface area (Å²) in [5.41, 5.74) is 0. The molecule has 0 atom stereocenters. The Balaban J connectivity index is 2.33. The van der Waals surface area contributed by atoms with Crippen molar-refractivity contribution in [2.24, 2.45) is 5.92 Å². The van der Waals surface area contributed by atoms with Crippen LogP contribution < -0.4 is 5.32 Å². The monoisotopic (exact) mass is 199 g/mol. The minimum absolute atomic E-state index is 0.564. The molecule has 0 saturated heterocycles. The van der Waals surface area contributed by atoms with Crippen molar-refractivity contribution in [2.45, 2.75) is 20.3 Å². The average molecular weight is 200 g/mol. The van der Waals surface area contributed by atoms with Crippen LogP contribution in [0.5, 0.6) is 0 Å². The molecule has 3 nitrogen and oxygen atoms in total. The Kier molecular flexibility index (Phi) is 3.96. The highest BCUT2D eigenvalue weighted by Crippen LogP contribution is 2.06. The third kappa shape index (κ3) is 4.08. The van der Waals surface area contributed by atoms with Gasteiger partial charge < -0.3 is 5.32 Å². The molecular weight excluding hydrogens is 186 g/mol. The van der Waals surface area contributed by atoms with Crippen molar-refractivity contribution >= 4 is 17.5 Å². The third-order valence-corrected chi connectivity index (χ3v) is 1.82. The van der Waals surface area contributed by atoms with Crippen molar-refractivity contribution in [1.29, 1.82) is 0 Å². The number of hydrogen-bond donors (Lipinski definition) is 1. The van der Waals surface area contributed by atoms with Crippen molar-refractivity contribution in [2.75, 3.05) is 11.9 Å². The van der Waals surface area contributed by atoms with E-state index < -0.39 is 0 Å². The van der Waals surface area contributed by atoms with Gasteiger partial charge >= 0.3 is 0 Å². The second-order valence-electron chi connectivity index (χ2n) is 3.33. The van der Waals surface area contributed by atoms with Gasteiger partial charge in [-0.1, -0.05) is 25.4 Å². The summed E-state index contributed by atoms with van der Waals surface area (Å²) in [6, 6.07) is 0. The van der Waals surface area contributed by atoms with E-state index in [-0.39, 0.29) is 0 Å². The zero-order valence-corrected chi connectivity index (χ0v) is 8.67. The maximum atomic E-state index is 5.64. The van der Waals surface area contributed by atoms with E-state index in [0.717, 1.165) is 13.0 Å². The lowest BCUT2D eigenvalue weighted by atomic mass is 10.1. The van der Waals surface area contributed by atoms with E-state index >= 15 is 0 Å². The van der Waals surface area contributed by atoms with Gasteiger partial charge in [0.2, 0.25) is 5.95 Å². The van der Waals surface area contributed by atoms with E-state index in [2.05, 4.69) is 29.1 Å². The molecule has 0 saturated carbocycles. The number of nitrogens with one attached hydrogen (secondary N) is 1. The average Bonchev–Trinajstić information content (AvgIpc) is 2.08. The molecule has 1 heterocycles. The second-order valence-corrected chi connectivity index (χ2v) is 3.77. The van der Waals surface area contributed by atoms with E-state index in [1.54, 1.807) is 12.4 Å². The lowest BCUT2D eigenvalue weighted by Crippen LogP contribution is -2.07. The summed E-state index contributed by atoms with van der Waals surface area (Å²) in [6.07, 6.45) is 4.30. The first kappa shape index (κ1) is 10.3. The first-order chi connectivity index (χ1) is 6.18. The van der Waals surface area contributed by atoms with Crippen LogP contribution >= 0.6 is 11.6 Å². The maximum Gasteiger partial charge on any atom is 0.222 e. The van der Waals surface area contributed by atoms with Crippen LogP contribution in [-0.2, 0) is 0 Å². The zero-order chi connectivity index (χ0) is 9.68. The standard InChI is InChI=1S/C9H14ClN3/c1-7(2)3-4-11-9-12-5-8(10)6-13-9/h5-7H,3-4H2,1-2H3,(H,11,12,13). The SMILES string of the molecule is CC(C)CCNc1ncc(Cl)cn1. The van der Waals surface area contributed by atoms with Crippen LogP contribution in [0, 0.1) is 5.92 Å². The fourth-order valence-corrected chi connectivity index (χ4v) is 0.974. The van der Waals surface area contributed by atoms with Crippen LogP contribution in [0.2, 0.25) is 5.02 Å². The number of rotatable bonds is 4. The predicted octanol–water partition coefficient (Wildman–Crippen LogP) is 2.59. The van der Waals surface area contributed by atoms with Crippen LogP contribution in [0.15, 0.2) is 12.4 Å². The summed E-state index contributed by atoms with van der Waals surface area (Å²) in [7, 11) is 0. The Morgan fingerprint density at radius 2 is 2.00 bits per heavy atom. The summed E-state index contributed by atoms with van der Waals surface area (Å²) in [6.45, 7) is 5.27. The summed E-state index contributed by atoms with van der Waals surface area (Å²) in [4.78, 5) is 8.04. The lowest BCUT2D eigenvalue weighted by molar-refractivity contribution is 0.606. The molecule has 0 aliphatic heterocycles. The van der Waals surface area contributed by atoms with E-state index in [1.165, 1.54) is 0 Å². The lowest BCUT2D eigenvalue weighted by Gasteiger charge is -2.05. The second kappa shape index (κ2) is 5.02. The molecule has 0 bridgehead atoms. The molecule has 0 unspecified atom stereocenters. The van der Waals surface area contributed by atoms with Gasteiger partial charge in [-0.15, -0.1) is 0 Å². The van der Waals surface area contributed by atoms with Crippen LogP contribution in [0.3, 0.4) is 0 Å². The van der Waals surface area contributed by atoms with Gasteiger partial charge in [-0.2, -0.15) is 0 Å². The molecule has 0 aliphatic rings. The summed E-state index contributed by atoms with van der Waals surface area (Å²) in [5.74, 6) is 1.34. The molecule has 72 valence electrons. The van der Waals surface area contributed by atoms with Crippen LogP contribution in [-0.4, -0.2) is 16.5 Å². The number of aromatic nitrogens is 2. The number of nitrogens with zero attached hydrogens (tertiary/aromatic N) is 2. The van der Waals surface area contributed by atoms with Crippen molar-refractivity contribution in [3.8, 4) is 0 Å². The molecule has 0 spiro atoms. The quantitative estimate of drug-likeness (QED) is 0.810. The minimum atomic E-state index is 0.564. The van der Waals surface area contributed by atoms with Crippen molar-refractivity contribution in [3.63, 3.8) is 0 Å². The van der Waals surface area contributed by atoms with Crippen molar-refractivity contribution in [3.05, 3.63) is 17.4 Å². The first-order valence-corrected chi connectivity index (χ1v) is 4.77. The number of halogens is 1. The van der Waals surface area contributed by atoms with Crippen LogP contribution in [0.1, 0.15) is 20.3 Å².